The third-order valence-electron chi connectivity index (χ3n) is 1.48. The molecule has 6 nitrogen and oxygen atoms in total. The van der Waals surface area contributed by atoms with E-state index in [1.165, 1.54) is 0 Å². The molecule has 72 valence electrons. The van der Waals surface area contributed by atoms with Gasteiger partial charge in [-0.2, -0.15) is 0 Å². The van der Waals surface area contributed by atoms with Crippen LogP contribution in [0.15, 0.2) is 0 Å². The number of aliphatic hydroxyl groups is 3. The maximum atomic E-state index is 10.4. The molecule has 0 aromatic rings. The van der Waals surface area contributed by atoms with Crippen molar-refractivity contribution in [1.29, 1.82) is 0 Å². The van der Waals surface area contributed by atoms with E-state index in [-0.39, 0.29) is 0 Å². The lowest BCUT2D eigenvalue weighted by Gasteiger charge is -2.24. The minimum Gasteiger partial charge on any atom is -0.394 e. The number of nitrogens with two attached hydrogens (primary N) is 2. The molecule has 4 atom stereocenters. The van der Waals surface area contributed by atoms with Crippen LogP contribution in [0.5, 0.6) is 0 Å². The van der Waals surface area contributed by atoms with Crippen LogP contribution in [-0.4, -0.2) is 52.5 Å². The van der Waals surface area contributed by atoms with Gasteiger partial charge in [0.05, 0.1) is 24.8 Å². The first kappa shape index (κ1) is 8.09. The lowest BCUT2D eigenvalue weighted by Crippen LogP contribution is -2.55. The van der Waals surface area contributed by atoms with Crippen LogP contribution in [0.25, 0.3) is 0 Å². The molecular formula is C6H14N2O4. The van der Waals surface area contributed by atoms with Gasteiger partial charge in [-0.25, -0.2) is 0 Å². The van der Waals surface area contributed by atoms with Crippen molar-refractivity contribution in [3.05, 3.63) is 0 Å². The molecule has 0 aromatic carbocycles. The SMILES string of the molecule is [2H]N[C@@H]([C@H](O)[C@H](O)CO)[C@H](C=O)N[2H]. The molecule has 0 spiro atoms. The van der Waals surface area contributed by atoms with E-state index in [0.717, 1.165) is 0 Å². The summed E-state index contributed by atoms with van der Waals surface area (Å²) in [5, 5.41) is 26.9. The molecule has 0 aromatic heterocycles. The molecule has 0 heterocycles. The smallest absolute Gasteiger partial charge is 0.138 e. The van der Waals surface area contributed by atoms with Crippen LogP contribution >= 0.6 is 0 Å². The summed E-state index contributed by atoms with van der Waals surface area (Å²) >= 11 is 0. The monoisotopic (exact) mass is 180 g/mol. The standard InChI is InChI=1S/C6H14N2O4/c7-3(1-9)5(8)6(12)4(11)2-10/h1,3-6,10-12H,2,7-8H2/t3-,4+,5+,6+/m0/s1/i/hD2. The van der Waals surface area contributed by atoms with Crippen molar-refractivity contribution >= 4 is 6.29 Å². The molecule has 7 N–H and O–H groups in total. The zero-order valence-corrected chi connectivity index (χ0v) is 6.34. The zero-order chi connectivity index (χ0) is 11.1. The Bertz CT molecular complexity index is 174. The number of hydrogen-bond acceptors (Lipinski definition) is 6. The van der Waals surface area contributed by atoms with Crippen LogP contribution < -0.4 is 11.5 Å². The fourth-order valence-electron chi connectivity index (χ4n) is 0.644. The van der Waals surface area contributed by atoms with Gasteiger partial charge >= 0.3 is 0 Å². The lowest BCUT2D eigenvalue weighted by molar-refractivity contribution is -0.110. The summed E-state index contributed by atoms with van der Waals surface area (Å²) in [5.41, 5.74) is 3.64. The Kier molecular flexibility index (Phi) is 3.49. The second-order valence-corrected chi connectivity index (χ2v) is 2.43. The van der Waals surface area contributed by atoms with Gasteiger partial charge in [0.2, 0.25) is 0 Å². The van der Waals surface area contributed by atoms with Crippen molar-refractivity contribution in [3.63, 3.8) is 0 Å². The van der Waals surface area contributed by atoms with Gasteiger partial charge < -0.3 is 31.6 Å². The van der Waals surface area contributed by atoms with E-state index in [1.807, 2.05) is 11.5 Å². The minimum absolute atomic E-state index is 0.326. The topological polar surface area (TPSA) is 130 Å². The molecule has 0 saturated heterocycles. The fraction of sp³-hybridized carbons (Fsp3) is 0.833. The van der Waals surface area contributed by atoms with Crippen molar-refractivity contribution in [1.82, 2.24) is 0 Å². The Labute approximate surface area is 72.7 Å². The van der Waals surface area contributed by atoms with Crippen molar-refractivity contribution in [2.45, 2.75) is 24.3 Å². The third kappa shape index (κ3) is 2.84. The van der Waals surface area contributed by atoms with Crippen molar-refractivity contribution in [2.24, 2.45) is 11.5 Å². The second kappa shape index (κ2) is 5.18. The van der Waals surface area contributed by atoms with E-state index in [0.29, 0.717) is 6.29 Å². The Morgan fingerprint density at radius 1 is 1.50 bits per heavy atom. The Morgan fingerprint density at radius 3 is 2.50 bits per heavy atom. The number of hydrogen-bond donors (Lipinski definition) is 5. The van der Waals surface area contributed by atoms with E-state index in [1.54, 1.807) is 0 Å². The number of carbonyl (C=O) groups excluding carboxylic acids is 1. The molecule has 0 bridgehead atoms. The molecule has 0 amide bonds. The maximum Gasteiger partial charge on any atom is 0.138 e. The second-order valence-electron chi connectivity index (χ2n) is 2.43. The van der Waals surface area contributed by atoms with E-state index in [2.05, 4.69) is 0 Å². The molecule has 0 unspecified atom stereocenters. The Balaban J connectivity index is 4.44. The summed E-state index contributed by atoms with van der Waals surface area (Å²) in [6.07, 6.45) is -2.65. The fourth-order valence-corrected chi connectivity index (χ4v) is 0.644. The average Bonchev–Trinajstić information content (AvgIpc) is 2.23. The van der Waals surface area contributed by atoms with Gasteiger partial charge in [0.25, 0.3) is 0 Å². The van der Waals surface area contributed by atoms with Gasteiger partial charge in [-0.1, -0.05) is 0 Å². The highest BCUT2D eigenvalue weighted by Crippen LogP contribution is 1.99. The number of rotatable bonds is 7. The van der Waals surface area contributed by atoms with Crippen molar-refractivity contribution < 1.29 is 22.9 Å². The van der Waals surface area contributed by atoms with E-state index >= 15 is 0 Å². The van der Waals surface area contributed by atoms with Crippen molar-refractivity contribution in [2.75, 3.05) is 6.61 Å². The van der Waals surface area contributed by atoms with E-state index < -0.39 is 30.9 Å². The molecule has 0 rings (SSSR count). The molecule has 6 heteroatoms. The molecule has 0 fully saturated rings. The highest BCUT2D eigenvalue weighted by atomic mass is 16.4. The van der Waals surface area contributed by atoms with Crippen LogP contribution in [0.4, 0.5) is 0 Å². The zero-order valence-electron chi connectivity index (χ0n) is 8.34. The molecule has 0 aliphatic carbocycles. The Morgan fingerprint density at radius 2 is 2.17 bits per heavy atom. The normalized spacial score (nSPS) is 23.2. The molecule has 0 radical (unpaired) electrons. The van der Waals surface area contributed by atoms with Crippen LogP contribution in [-0.2, 0) is 4.79 Å². The summed E-state index contributed by atoms with van der Waals surface area (Å²) in [6, 6.07) is -2.30. The predicted octanol–water partition coefficient (Wildman–Crippen LogP) is -3.45. The minimum atomic E-state index is -1.51. The van der Waals surface area contributed by atoms with Crippen LogP contribution in [0, 0.1) is 0 Å². The summed E-state index contributed by atoms with van der Waals surface area (Å²) < 4.78 is 13.5. The molecular weight excluding hydrogens is 164 g/mol. The molecule has 0 aliphatic rings. The average molecular weight is 180 g/mol. The largest absolute Gasteiger partial charge is 0.394 e. The van der Waals surface area contributed by atoms with E-state index in [9.17, 15) is 9.90 Å². The van der Waals surface area contributed by atoms with Crippen LogP contribution in [0.2, 0.25) is 2.82 Å². The molecule has 12 heavy (non-hydrogen) atoms. The van der Waals surface area contributed by atoms with Gasteiger partial charge in [-0.3, -0.25) is 0 Å². The lowest BCUT2D eigenvalue weighted by atomic mass is 10.0. The van der Waals surface area contributed by atoms with Crippen LogP contribution in [0.1, 0.15) is 0 Å². The number of aldehydes is 1. The first-order valence-corrected chi connectivity index (χ1v) is 3.39. The van der Waals surface area contributed by atoms with Crippen LogP contribution in [0.3, 0.4) is 0 Å². The summed E-state index contributed by atoms with van der Waals surface area (Å²) in [6.45, 7) is -0.692. The number of aliphatic hydroxyl groups excluding tert-OH is 3. The van der Waals surface area contributed by atoms with E-state index in [4.69, 9.17) is 13.0 Å². The van der Waals surface area contributed by atoms with Crippen molar-refractivity contribution in [3.8, 4) is 0 Å². The van der Waals surface area contributed by atoms with Gasteiger partial charge in [-0.05, 0) is 0 Å². The maximum absolute atomic E-state index is 10.4. The first-order valence-electron chi connectivity index (χ1n) is 4.39. The number of carbonyl (C=O) groups is 1. The predicted molar refractivity (Wildman–Crippen MR) is 41.1 cm³/mol. The third-order valence-corrected chi connectivity index (χ3v) is 1.48. The molecule has 0 aliphatic heterocycles. The highest BCUT2D eigenvalue weighted by molar-refractivity contribution is 5.58. The van der Waals surface area contributed by atoms with Gasteiger partial charge in [-0.15, -0.1) is 0 Å². The molecule has 0 saturated carbocycles. The quantitative estimate of drug-likeness (QED) is 0.259. The van der Waals surface area contributed by atoms with Gasteiger partial charge in [0.1, 0.15) is 15.2 Å². The Hall–Kier alpha value is -0.530. The van der Waals surface area contributed by atoms with Gasteiger partial charge in [0, 0.05) is 0 Å². The highest BCUT2D eigenvalue weighted by Gasteiger charge is 2.27. The summed E-state index contributed by atoms with van der Waals surface area (Å²) in [7, 11) is 0. The summed E-state index contributed by atoms with van der Waals surface area (Å²) in [4.78, 5) is 10.4. The summed E-state index contributed by atoms with van der Waals surface area (Å²) in [5.74, 6) is 0. The first-order chi connectivity index (χ1) is 6.62. The van der Waals surface area contributed by atoms with Gasteiger partial charge in [0.15, 0.2) is 0 Å².